The number of benzene rings is 2. The fourth-order valence-electron chi connectivity index (χ4n) is 4.63. The summed E-state index contributed by atoms with van der Waals surface area (Å²) in [5.74, 6) is -0.825. The summed E-state index contributed by atoms with van der Waals surface area (Å²) < 4.78 is 31.6. The van der Waals surface area contributed by atoms with E-state index in [0.29, 0.717) is 18.4 Å². The molecule has 1 aliphatic carbocycles. The topological polar surface area (TPSA) is 26.3 Å². The second-order valence-electron chi connectivity index (χ2n) is 9.24. The van der Waals surface area contributed by atoms with Crippen LogP contribution in [0.15, 0.2) is 48.5 Å². The Kier molecular flexibility index (Phi) is 10.1. The van der Waals surface area contributed by atoms with Crippen molar-refractivity contribution in [2.24, 2.45) is 5.92 Å². The Morgan fingerprint density at radius 3 is 2.30 bits per heavy atom. The van der Waals surface area contributed by atoms with Crippen molar-refractivity contribution in [2.45, 2.75) is 77.0 Å². The molecule has 3 rings (SSSR count). The molecule has 0 aliphatic heterocycles. The lowest BCUT2D eigenvalue weighted by molar-refractivity contribution is -0.141. The van der Waals surface area contributed by atoms with Gasteiger partial charge in [-0.25, -0.2) is 8.78 Å². The molecule has 1 aliphatic rings. The monoisotopic (exact) mass is 454 g/mol. The molecule has 1 fully saturated rings. The molecule has 0 saturated heterocycles. The molecular weight excluding hydrogens is 418 g/mol. The van der Waals surface area contributed by atoms with Crippen molar-refractivity contribution in [2.75, 3.05) is 6.61 Å². The van der Waals surface area contributed by atoms with Gasteiger partial charge >= 0.3 is 5.97 Å². The number of allylic oxidation sites excluding steroid dienone is 1. The average Bonchev–Trinajstić information content (AvgIpc) is 2.82. The third kappa shape index (κ3) is 8.75. The zero-order chi connectivity index (χ0) is 23.5. The number of esters is 1. The van der Waals surface area contributed by atoms with E-state index in [4.69, 9.17) is 4.74 Å². The minimum absolute atomic E-state index is 0.194. The predicted molar refractivity (Wildman–Crippen MR) is 130 cm³/mol. The number of rotatable bonds is 11. The SMILES string of the molecule is CC(=O)OCCCCCCCc1ccc(/C=C/C2CCC(c3ccc(F)c(F)c3)CC2)cc1. The van der Waals surface area contributed by atoms with Crippen molar-refractivity contribution in [1.29, 1.82) is 0 Å². The van der Waals surface area contributed by atoms with Gasteiger partial charge in [-0.1, -0.05) is 61.7 Å². The average molecular weight is 455 g/mol. The Labute approximate surface area is 197 Å². The summed E-state index contributed by atoms with van der Waals surface area (Å²) >= 11 is 0. The van der Waals surface area contributed by atoms with Crippen LogP contribution in [-0.2, 0) is 16.0 Å². The first-order valence-electron chi connectivity index (χ1n) is 12.4. The number of aryl methyl sites for hydroxylation is 1. The normalized spacial score (nSPS) is 18.5. The summed E-state index contributed by atoms with van der Waals surface area (Å²) in [6.07, 6.45) is 15.5. The van der Waals surface area contributed by atoms with E-state index in [0.717, 1.165) is 50.5 Å². The molecule has 2 aromatic rings. The number of carbonyl (C=O) groups excluding carboxylic acids is 1. The molecule has 2 aromatic carbocycles. The molecule has 2 nitrogen and oxygen atoms in total. The largest absolute Gasteiger partial charge is 0.466 e. The Balaban J connectivity index is 1.33. The molecule has 0 radical (unpaired) electrons. The Morgan fingerprint density at radius 1 is 0.909 bits per heavy atom. The van der Waals surface area contributed by atoms with Crippen LogP contribution in [-0.4, -0.2) is 12.6 Å². The lowest BCUT2D eigenvalue weighted by Gasteiger charge is -2.27. The molecular formula is C29H36F2O2. The predicted octanol–water partition coefficient (Wildman–Crippen LogP) is 8.01. The van der Waals surface area contributed by atoms with Crippen LogP contribution < -0.4 is 0 Å². The highest BCUT2D eigenvalue weighted by atomic mass is 19.2. The second kappa shape index (κ2) is 13.3. The lowest BCUT2D eigenvalue weighted by atomic mass is 9.78. The first kappa shape index (κ1) is 25.1. The number of ether oxygens (including phenoxy) is 1. The Bertz CT molecular complexity index is 896. The molecule has 4 heteroatoms. The van der Waals surface area contributed by atoms with Gasteiger partial charge < -0.3 is 4.74 Å². The molecule has 178 valence electrons. The van der Waals surface area contributed by atoms with E-state index in [1.807, 2.05) is 0 Å². The van der Waals surface area contributed by atoms with Crippen LogP contribution in [0.25, 0.3) is 6.08 Å². The summed E-state index contributed by atoms with van der Waals surface area (Å²) in [7, 11) is 0. The van der Waals surface area contributed by atoms with Gasteiger partial charge in [0.15, 0.2) is 11.6 Å². The molecule has 0 aromatic heterocycles. The van der Waals surface area contributed by atoms with Gasteiger partial charge in [-0.15, -0.1) is 0 Å². The quantitative estimate of drug-likeness (QED) is 0.254. The lowest BCUT2D eigenvalue weighted by Crippen LogP contribution is -2.12. The molecule has 0 bridgehead atoms. The van der Waals surface area contributed by atoms with Crippen molar-refractivity contribution < 1.29 is 18.3 Å². The maximum atomic E-state index is 13.5. The van der Waals surface area contributed by atoms with Gasteiger partial charge in [0.2, 0.25) is 0 Å². The van der Waals surface area contributed by atoms with Crippen molar-refractivity contribution in [3.8, 4) is 0 Å². The van der Waals surface area contributed by atoms with E-state index in [-0.39, 0.29) is 5.97 Å². The number of unbranched alkanes of at least 4 members (excludes halogenated alkanes) is 4. The van der Waals surface area contributed by atoms with E-state index in [1.165, 1.54) is 49.4 Å². The second-order valence-corrected chi connectivity index (χ2v) is 9.24. The van der Waals surface area contributed by atoms with E-state index < -0.39 is 11.6 Å². The maximum Gasteiger partial charge on any atom is 0.302 e. The Morgan fingerprint density at radius 2 is 1.61 bits per heavy atom. The molecule has 33 heavy (non-hydrogen) atoms. The van der Waals surface area contributed by atoms with Gasteiger partial charge in [-0.2, -0.15) is 0 Å². The van der Waals surface area contributed by atoms with Crippen molar-refractivity contribution >= 4 is 12.0 Å². The molecule has 0 heterocycles. The van der Waals surface area contributed by atoms with Gasteiger partial charge in [0.25, 0.3) is 0 Å². The minimum Gasteiger partial charge on any atom is -0.466 e. The van der Waals surface area contributed by atoms with Gasteiger partial charge in [0, 0.05) is 6.92 Å². The highest BCUT2D eigenvalue weighted by Gasteiger charge is 2.21. The minimum atomic E-state index is -0.769. The zero-order valence-corrected chi connectivity index (χ0v) is 19.7. The summed E-state index contributed by atoms with van der Waals surface area (Å²) in [5, 5.41) is 0. The third-order valence-electron chi connectivity index (χ3n) is 6.64. The number of hydrogen-bond acceptors (Lipinski definition) is 2. The molecule has 1 saturated carbocycles. The standard InChI is InChI=1S/C29H36F2O2/c1-22(32)33-20-6-4-2-3-5-7-23-8-10-24(11-9-23)12-13-25-14-16-26(17-15-25)27-18-19-28(30)29(31)21-27/h8-13,18-19,21,25-26H,2-7,14-17,20H2,1H3/b13-12+. The van der Waals surface area contributed by atoms with Gasteiger partial charge in [0.05, 0.1) is 6.61 Å². The van der Waals surface area contributed by atoms with Crippen LogP contribution in [0.4, 0.5) is 8.78 Å². The number of carbonyl (C=O) groups is 1. The molecule has 0 atom stereocenters. The van der Waals surface area contributed by atoms with Crippen LogP contribution >= 0.6 is 0 Å². The fourth-order valence-corrected chi connectivity index (χ4v) is 4.63. The van der Waals surface area contributed by atoms with E-state index in [9.17, 15) is 13.6 Å². The van der Waals surface area contributed by atoms with Crippen LogP contribution in [0.3, 0.4) is 0 Å². The van der Waals surface area contributed by atoms with Crippen LogP contribution in [0.2, 0.25) is 0 Å². The van der Waals surface area contributed by atoms with Crippen molar-refractivity contribution in [3.63, 3.8) is 0 Å². The van der Waals surface area contributed by atoms with Crippen LogP contribution in [0.1, 0.15) is 87.3 Å². The van der Waals surface area contributed by atoms with Crippen LogP contribution in [0.5, 0.6) is 0 Å². The van der Waals surface area contributed by atoms with E-state index in [2.05, 4.69) is 36.4 Å². The first-order chi connectivity index (χ1) is 16.0. The fraction of sp³-hybridized carbons (Fsp3) is 0.483. The van der Waals surface area contributed by atoms with E-state index in [1.54, 1.807) is 6.07 Å². The summed E-state index contributed by atoms with van der Waals surface area (Å²) in [6, 6.07) is 13.2. The van der Waals surface area contributed by atoms with Crippen molar-refractivity contribution in [3.05, 3.63) is 76.9 Å². The van der Waals surface area contributed by atoms with Gasteiger partial charge in [0.1, 0.15) is 0 Å². The Hall–Kier alpha value is -2.49. The summed E-state index contributed by atoms with van der Waals surface area (Å²) in [6.45, 7) is 1.99. The zero-order valence-electron chi connectivity index (χ0n) is 19.7. The molecule has 0 N–H and O–H groups in total. The number of halogens is 2. The highest BCUT2D eigenvalue weighted by Crippen LogP contribution is 2.37. The third-order valence-corrected chi connectivity index (χ3v) is 6.64. The summed E-state index contributed by atoms with van der Waals surface area (Å²) in [4.78, 5) is 10.7. The smallest absolute Gasteiger partial charge is 0.302 e. The van der Waals surface area contributed by atoms with Gasteiger partial charge in [-0.3, -0.25) is 4.79 Å². The maximum absolute atomic E-state index is 13.5. The van der Waals surface area contributed by atoms with Gasteiger partial charge in [-0.05, 0) is 85.6 Å². The highest BCUT2D eigenvalue weighted by molar-refractivity contribution is 5.65. The first-order valence-corrected chi connectivity index (χ1v) is 12.4. The molecule has 0 spiro atoms. The van der Waals surface area contributed by atoms with E-state index >= 15 is 0 Å². The number of hydrogen-bond donors (Lipinski definition) is 0. The molecule has 0 unspecified atom stereocenters. The van der Waals surface area contributed by atoms with Crippen molar-refractivity contribution in [1.82, 2.24) is 0 Å². The van der Waals surface area contributed by atoms with Crippen LogP contribution in [0, 0.1) is 17.6 Å². The molecule has 0 amide bonds. The summed E-state index contributed by atoms with van der Waals surface area (Å²) in [5.41, 5.74) is 3.53.